The molecule has 2 atom stereocenters. The van der Waals surface area contributed by atoms with Gasteiger partial charge in [0.15, 0.2) is 0 Å². The maximum Gasteiger partial charge on any atom is 0.309 e. The van der Waals surface area contributed by atoms with E-state index in [-0.39, 0.29) is 23.6 Å². The topological polar surface area (TPSA) is 43.4 Å². The van der Waals surface area contributed by atoms with Crippen molar-refractivity contribution >= 4 is 11.8 Å². The highest BCUT2D eigenvalue weighted by molar-refractivity contribution is 5.87. The Balaban J connectivity index is 2.16. The summed E-state index contributed by atoms with van der Waals surface area (Å²) in [5, 5.41) is 0. The van der Waals surface area contributed by atoms with Crippen molar-refractivity contribution in [2.75, 3.05) is 7.11 Å². The van der Waals surface area contributed by atoms with Crippen LogP contribution in [0.15, 0.2) is 30.3 Å². The summed E-state index contributed by atoms with van der Waals surface area (Å²) in [7, 11) is 1.40. The van der Waals surface area contributed by atoms with Gasteiger partial charge in [-0.3, -0.25) is 9.59 Å². The summed E-state index contributed by atoms with van der Waals surface area (Å²) in [5.74, 6) is -0.539. The van der Waals surface area contributed by atoms with Gasteiger partial charge in [-0.1, -0.05) is 36.8 Å². The van der Waals surface area contributed by atoms with E-state index in [0.29, 0.717) is 12.8 Å². The molecule has 3 heteroatoms. The minimum atomic E-state index is -0.333. The molecule has 2 rings (SSSR count). The zero-order valence-electron chi connectivity index (χ0n) is 11.3. The molecule has 0 spiro atoms. The van der Waals surface area contributed by atoms with E-state index in [0.717, 1.165) is 24.8 Å². The van der Waals surface area contributed by atoms with E-state index in [2.05, 4.69) is 0 Å². The number of methoxy groups -OCH3 is 1. The lowest BCUT2D eigenvalue weighted by molar-refractivity contribution is -0.150. The second-order valence-corrected chi connectivity index (χ2v) is 5.14. The van der Waals surface area contributed by atoms with Crippen LogP contribution in [0.3, 0.4) is 0 Å². The predicted octanol–water partition coefficient (Wildman–Crippen LogP) is 2.78. The van der Waals surface area contributed by atoms with E-state index in [1.807, 2.05) is 30.3 Å². The molecule has 1 aliphatic carbocycles. The Labute approximate surface area is 114 Å². The fourth-order valence-corrected chi connectivity index (χ4v) is 2.84. The Kier molecular flexibility index (Phi) is 4.72. The van der Waals surface area contributed by atoms with Crippen LogP contribution >= 0.6 is 0 Å². The SMILES string of the molecule is COC(=O)C(Cc1ccccc1)C1CCCCC1=O. The van der Waals surface area contributed by atoms with Crippen molar-refractivity contribution < 1.29 is 14.3 Å². The Morgan fingerprint density at radius 3 is 2.68 bits per heavy atom. The summed E-state index contributed by atoms with van der Waals surface area (Å²) in [5.41, 5.74) is 1.08. The highest BCUT2D eigenvalue weighted by Crippen LogP contribution is 2.30. The van der Waals surface area contributed by atoms with Crippen molar-refractivity contribution in [1.82, 2.24) is 0 Å². The number of ether oxygens (including phenoxy) is 1. The van der Waals surface area contributed by atoms with E-state index >= 15 is 0 Å². The Morgan fingerprint density at radius 1 is 1.32 bits per heavy atom. The Morgan fingerprint density at radius 2 is 2.05 bits per heavy atom. The molecular weight excluding hydrogens is 240 g/mol. The first-order valence-electron chi connectivity index (χ1n) is 6.87. The van der Waals surface area contributed by atoms with Crippen LogP contribution in [-0.4, -0.2) is 18.9 Å². The predicted molar refractivity (Wildman–Crippen MR) is 72.6 cm³/mol. The number of carbonyl (C=O) groups excluding carboxylic acids is 2. The van der Waals surface area contributed by atoms with Crippen LogP contribution in [0.1, 0.15) is 31.2 Å². The first-order chi connectivity index (χ1) is 9.22. The summed E-state index contributed by atoms with van der Waals surface area (Å²) < 4.78 is 4.89. The van der Waals surface area contributed by atoms with E-state index in [1.54, 1.807) is 0 Å². The largest absolute Gasteiger partial charge is 0.469 e. The molecule has 1 fully saturated rings. The molecular formula is C16H20O3. The number of ketones is 1. The van der Waals surface area contributed by atoms with Gasteiger partial charge in [0.25, 0.3) is 0 Å². The highest BCUT2D eigenvalue weighted by Gasteiger charge is 2.35. The molecule has 0 aromatic heterocycles. The van der Waals surface area contributed by atoms with Crippen LogP contribution < -0.4 is 0 Å². The number of hydrogen-bond donors (Lipinski definition) is 0. The van der Waals surface area contributed by atoms with Crippen LogP contribution in [-0.2, 0) is 20.7 Å². The van der Waals surface area contributed by atoms with Gasteiger partial charge < -0.3 is 4.74 Å². The minimum absolute atomic E-state index is 0.165. The van der Waals surface area contributed by atoms with Gasteiger partial charge in [0.1, 0.15) is 5.78 Å². The number of rotatable bonds is 4. The molecule has 1 saturated carbocycles. The lowest BCUT2D eigenvalue weighted by atomic mass is 9.76. The Hall–Kier alpha value is -1.64. The molecule has 19 heavy (non-hydrogen) atoms. The normalized spacial score (nSPS) is 20.9. The molecule has 0 bridgehead atoms. The molecule has 2 unspecified atom stereocenters. The molecule has 1 aromatic rings. The number of carbonyl (C=O) groups is 2. The summed E-state index contributed by atoms with van der Waals surface area (Å²) in [6.07, 6.45) is 3.98. The molecule has 1 aromatic carbocycles. The number of esters is 1. The maximum absolute atomic E-state index is 12.0. The molecule has 3 nitrogen and oxygen atoms in total. The van der Waals surface area contributed by atoms with Crippen molar-refractivity contribution in [1.29, 1.82) is 0 Å². The third-order valence-corrected chi connectivity index (χ3v) is 3.89. The third-order valence-electron chi connectivity index (χ3n) is 3.89. The average molecular weight is 260 g/mol. The quantitative estimate of drug-likeness (QED) is 0.782. The molecule has 0 heterocycles. The molecule has 0 saturated heterocycles. The molecule has 102 valence electrons. The van der Waals surface area contributed by atoms with Gasteiger partial charge >= 0.3 is 5.97 Å². The van der Waals surface area contributed by atoms with Crippen LogP contribution in [0.4, 0.5) is 0 Å². The van der Waals surface area contributed by atoms with Gasteiger partial charge in [0, 0.05) is 12.3 Å². The van der Waals surface area contributed by atoms with E-state index < -0.39 is 0 Å². The number of hydrogen-bond acceptors (Lipinski definition) is 3. The second kappa shape index (κ2) is 6.50. The minimum Gasteiger partial charge on any atom is -0.469 e. The molecule has 0 radical (unpaired) electrons. The van der Waals surface area contributed by atoms with Crippen molar-refractivity contribution in [3.05, 3.63) is 35.9 Å². The standard InChI is InChI=1S/C16H20O3/c1-19-16(18)14(11-12-7-3-2-4-8-12)13-9-5-6-10-15(13)17/h2-4,7-8,13-14H,5-6,9-11H2,1H3. The highest BCUT2D eigenvalue weighted by atomic mass is 16.5. The summed E-state index contributed by atoms with van der Waals surface area (Å²) >= 11 is 0. The van der Waals surface area contributed by atoms with Gasteiger partial charge in [-0.2, -0.15) is 0 Å². The third kappa shape index (κ3) is 3.43. The molecule has 0 N–H and O–H groups in total. The van der Waals surface area contributed by atoms with Crippen molar-refractivity contribution in [3.63, 3.8) is 0 Å². The van der Waals surface area contributed by atoms with Gasteiger partial charge in [-0.25, -0.2) is 0 Å². The summed E-state index contributed by atoms with van der Waals surface area (Å²) in [6.45, 7) is 0. The molecule has 1 aliphatic rings. The van der Waals surface area contributed by atoms with Crippen LogP contribution in [0, 0.1) is 11.8 Å². The van der Waals surface area contributed by atoms with Crippen molar-refractivity contribution in [2.45, 2.75) is 32.1 Å². The fraction of sp³-hybridized carbons (Fsp3) is 0.500. The van der Waals surface area contributed by atoms with Gasteiger partial charge in [0.05, 0.1) is 13.0 Å². The van der Waals surface area contributed by atoms with Gasteiger partial charge in [-0.05, 0) is 24.8 Å². The average Bonchev–Trinajstić information content (AvgIpc) is 2.46. The molecule has 0 aliphatic heterocycles. The van der Waals surface area contributed by atoms with E-state index in [1.165, 1.54) is 7.11 Å². The molecule has 0 amide bonds. The van der Waals surface area contributed by atoms with Gasteiger partial charge in [-0.15, -0.1) is 0 Å². The fourth-order valence-electron chi connectivity index (χ4n) is 2.84. The lowest BCUT2D eigenvalue weighted by Crippen LogP contribution is -2.34. The van der Waals surface area contributed by atoms with Crippen LogP contribution in [0.25, 0.3) is 0 Å². The smallest absolute Gasteiger partial charge is 0.309 e. The van der Waals surface area contributed by atoms with E-state index in [9.17, 15) is 9.59 Å². The van der Waals surface area contributed by atoms with Crippen molar-refractivity contribution in [2.24, 2.45) is 11.8 Å². The van der Waals surface area contributed by atoms with Crippen molar-refractivity contribution in [3.8, 4) is 0 Å². The maximum atomic E-state index is 12.0. The monoisotopic (exact) mass is 260 g/mol. The lowest BCUT2D eigenvalue weighted by Gasteiger charge is -2.27. The first kappa shape index (κ1) is 13.8. The van der Waals surface area contributed by atoms with Crippen LogP contribution in [0.2, 0.25) is 0 Å². The number of benzene rings is 1. The second-order valence-electron chi connectivity index (χ2n) is 5.14. The zero-order valence-corrected chi connectivity index (χ0v) is 11.3. The zero-order chi connectivity index (χ0) is 13.7. The summed E-state index contributed by atoms with van der Waals surface area (Å²) in [4.78, 5) is 24.0. The van der Waals surface area contributed by atoms with Crippen LogP contribution in [0.5, 0.6) is 0 Å². The first-order valence-corrected chi connectivity index (χ1v) is 6.87. The summed E-state index contributed by atoms with van der Waals surface area (Å²) in [6, 6.07) is 9.83. The van der Waals surface area contributed by atoms with E-state index in [4.69, 9.17) is 4.74 Å². The Bertz CT molecular complexity index is 439. The van der Waals surface area contributed by atoms with Gasteiger partial charge in [0.2, 0.25) is 0 Å². The number of Topliss-reactive ketones (excluding diaryl/α,β-unsaturated/α-hetero) is 1.